The molecule has 7 heteroatoms. The molecule has 0 fully saturated rings. The number of aryl methyl sites for hydroxylation is 1. The molecule has 0 spiro atoms. The monoisotopic (exact) mass is 270 g/mol. The first-order chi connectivity index (χ1) is 8.66. The predicted molar refractivity (Wildman–Crippen MR) is 66.2 cm³/mol. The van der Waals surface area contributed by atoms with Crippen LogP contribution in [0.2, 0.25) is 0 Å². The lowest BCUT2D eigenvalue weighted by Crippen LogP contribution is -2.28. The Kier molecular flexibility index (Phi) is 2.77. The Morgan fingerprint density at radius 1 is 1.56 bits per heavy atom. The number of alkyl halides is 2. The highest BCUT2D eigenvalue weighted by molar-refractivity contribution is 7.13. The van der Waals surface area contributed by atoms with Gasteiger partial charge in [-0.15, -0.1) is 16.4 Å². The van der Waals surface area contributed by atoms with Crippen LogP contribution in [0.5, 0.6) is 0 Å². The molecule has 2 aromatic rings. The van der Waals surface area contributed by atoms with Gasteiger partial charge in [0.15, 0.2) is 5.82 Å². The van der Waals surface area contributed by atoms with Crippen LogP contribution in [0.25, 0.3) is 10.7 Å². The number of hydrogen-bond acceptors (Lipinski definition) is 4. The maximum atomic E-state index is 12.9. The van der Waals surface area contributed by atoms with Crippen molar-refractivity contribution in [1.29, 1.82) is 0 Å². The van der Waals surface area contributed by atoms with E-state index in [1.165, 1.54) is 16.0 Å². The van der Waals surface area contributed by atoms with Crippen LogP contribution in [0.3, 0.4) is 0 Å². The van der Waals surface area contributed by atoms with Crippen LogP contribution in [0.15, 0.2) is 11.4 Å². The molecule has 1 atom stereocenters. The summed E-state index contributed by atoms with van der Waals surface area (Å²) in [4.78, 5) is 5.24. The molecule has 0 radical (unpaired) electrons. The molecule has 1 N–H and O–H groups in total. The summed E-state index contributed by atoms with van der Waals surface area (Å²) in [6, 6.07) is 1.10. The Morgan fingerprint density at radius 3 is 3.06 bits per heavy atom. The molecule has 1 aliphatic heterocycles. The highest BCUT2D eigenvalue weighted by atomic mass is 32.1. The fraction of sp³-hybridized carbons (Fsp3) is 0.455. The summed E-state index contributed by atoms with van der Waals surface area (Å²) in [5.74, 6) is 0.965. The van der Waals surface area contributed by atoms with Gasteiger partial charge >= 0.3 is 0 Å². The van der Waals surface area contributed by atoms with Crippen molar-refractivity contribution in [1.82, 2.24) is 14.8 Å². The number of hydrogen-bond donors (Lipinski definition) is 1. The van der Waals surface area contributed by atoms with Crippen LogP contribution >= 0.6 is 11.3 Å². The fourth-order valence-electron chi connectivity index (χ4n) is 2.06. The van der Waals surface area contributed by atoms with Gasteiger partial charge in [0.2, 0.25) is 5.95 Å². The van der Waals surface area contributed by atoms with Gasteiger partial charge in [0.1, 0.15) is 6.04 Å². The molecular formula is C11H12F2N4S. The Hall–Kier alpha value is -1.50. The van der Waals surface area contributed by atoms with E-state index in [-0.39, 0.29) is 0 Å². The maximum Gasteiger partial charge on any atom is 0.260 e. The first-order valence-electron chi connectivity index (χ1n) is 5.70. The third-order valence-corrected chi connectivity index (χ3v) is 4.04. The zero-order valence-corrected chi connectivity index (χ0v) is 10.5. The van der Waals surface area contributed by atoms with Gasteiger partial charge in [-0.2, -0.15) is 4.98 Å². The fourth-order valence-corrected chi connectivity index (χ4v) is 2.91. The molecule has 0 amide bonds. The van der Waals surface area contributed by atoms with Crippen molar-refractivity contribution in [2.24, 2.45) is 0 Å². The molecule has 0 saturated carbocycles. The lowest BCUT2D eigenvalue weighted by Gasteiger charge is -2.23. The Balaban J connectivity index is 2.04. The van der Waals surface area contributed by atoms with Gasteiger partial charge < -0.3 is 5.32 Å². The van der Waals surface area contributed by atoms with E-state index < -0.39 is 12.5 Å². The van der Waals surface area contributed by atoms with E-state index in [4.69, 9.17) is 0 Å². The average Bonchev–Trinajstić information content (AvgIpc) is 2.92. The number of thiophene rings is 1. The van der Waals surface area contributed by atoms with Crippen molar-refractivity contribution >= 4 is 17.3 Å². The first kappa shape index (κ1) is 11.6. The summed E-state index contributed by atoms with van der Waals surface area (Å²) < 4.78 is 27.2. The standard InChI is InChI=1S/C11H12F2N4S/c1-6-3-5-18-8(6)10-15-11-14-4-2-7(9(12)13)17(11)16-10/h3,5,7,9H,2,4H2,1H3,(H,14,15,16). The first-order valence-corrected chi connectivity index (χ1v) is 6.58. The molecule has 3 heterocycles. The van der Waals surface area contributed by atoms with Crippen LogP contribution in [0.1, 0.15) is 18.0 Å². The summed E-state index contributed by atoms with van der Waals surface area (Å²) in [6.07, 6.45) is -2.04. The molecule has 3 rings (SSSR count). The molecule has 1 aliphatic rings. The van der Waals surface area contributed by atoms with E-state index >= 15 is 0 Å². The second kappa shape index (κ2) is 4.31. The number of anilines is 1. The Morgan fingerprint density at radius 2 is 2.39 bits per heavy atom. The zero-order valence-electron chi connectivity index (χ0n) is 9.73. The summed E-state index contributed by atoms with van der Waals surface area (Å²) in [5, 5.41) is 9.19. The zero-order chi connectivity index (χ0) is 12.7. The van der Waals surface area contributed by atoms with Gasteiger partial charge in [-0.25, -0.2) is 13.5 Å². The molecule has 2 aromatic heterocycles. The topological polar surface area (TPSA) is 42.7 Å². The number of fused-ring (bicyclic) bond motifs is 1. The molecular weight excluding hydrogens is 258 g/mol. The largest absolute Gasteiger partial charge is 0.354 e. The van der Waals surface area contributed by atoms with Gasteiger partial charge in [0, 0.05) is 6.54 Å². The summed E-state index contributed by atoms with van der Waals surface area (Å²) in [5.41, 5.74) is 1.07. The van der Waals surface area contributed by atoms with Gasteiger partial charge in [-0.3, -0.25) is 0 Å². The minimum atomic E-state index is -2.41. The predicted octanol–water partition coefficient (Wildman–Crippen LogP) is 2.94. The second-order valence-electron chi connectivity index (χ2n) is 4.25. The van der Waals surface area contributed by atoms with Crippen molar-refractivity contribution < 1.29 is 8.78 Å². The molecule has 0 aromatic carbocycles. The van der Waals surface area contributed by atoms with E-state index in [9.17, 15) is 8.78 Å². The minimum Gasteiger partial charge on any atom is -0.354 e. The van der Waals surface area contributed by atoms with Crippen LogP contribution < -0.4 is 5.32 Å². The lowest BCUT2D eigenvalue weighted by molar-refractivity contribution is 0.0714. The van der Waals surface area contributed by atoms with E-state index in [2.05, 4.69) is 15.4 Å². The highest BCUT2D eigenvalue weighted by Gasteiger charge is 2.30. The van der Waals surface area contributed by atoms with Crippen molar-refractivity contribution in [2.75, 3.05) is 11.9 Å². The summed E-state index contributed by atoms with van der Waals surface area (Å²) in [7, 11) is 0. The van der Waals surface area contributed by atoms with E-state index in [0.717, 1.165) is 10.4 Å². The van der Waals surface area contributed by atoms with Crippen LogP contribution in [0.4, 0.5) is 14.7 Å². The van der Waals surface area contributed by atoms with Crippen LogP contribution in [0, 0.1) is 6.92 Å². The van der Waals surface area contributed by atoms with Gasteiger partial charge in [-0.1, -0.05) is 0 Å². The lowest BCUT2D eigenvalue weighted by atomic mass is 10.2. The molecule has 1 unspecified atom stereocenters. The number of nitrogens with zero attached hydrogens (tertiary/aromatic N) is 3. The Bertz CT molecular complexity index is 563. The van der Waals surface area contributed by atoms with Gasteiger partial charge in [0.25, 0.3) is 6.43 Å². The second-order valence-corrected chi connectivity index (χ2v) is 5.17. The number of halogens is 2. The molecule has 0 aliphatic carbocycles. The van der Waals surface area contributed by atoms with Gasteiger partial charge in [-0.05, 0) is 30.4 Å². The normalized spacial score (nSPS) is 18.8. The maximum absolute atomic E-state index is 12.9. The smallest absolute Gasteiger partial charge is 0.260 e. The Labute approximate surface area is 107 Å². The minimum absolute atomic E-state index is 0.372. The molecule has 0 saturated heterocycles. The van der Waals surface area contributed by atoms with Gasteiger partial charge in [0.05, 0.1) is 4.88 Å². The SMILES string of the molecule is Cc1ccsc1-c1nc2n(n1)C(C(F)F)CCN2. The quantitative estimate of drug-likeness (QED) is 0.912. The third kappa shape index (κ3) is 1.78. The van der Waals surface area contributed by atoms with E-state index in [0.29, 0.717) is 24.7 Å². The molecule has 4 nitrogen and oxygen atoms in total. The van der Waals surface area contributed by atoms with E-state index in [1.54, 1.807) is 0 Å². The summed E-state index contributed by atoms with van der Waals surface area (Å²) >= 11 is 1.52. The number of rotatable bonds is 2. The average molecular weight is 270 g/mol. The molecule has 0 bridgehead atoms. The van der Waals surface area contributed by atoms with Crippen molar-refractivity contribution in [3.63, 3.8) is 0 Å². The van der Waals surface area contributed by atoms with Crippen LogP contribution in [-0.2, 0) is 0 Å². The number of nitrogens with one attached hydrogen (secondary N) is 1. The third-order valence-electron chi connectivity index (χ3n) is 3.02. The molecule has 96 valence electrons. The van der Waals surface area contributed by atoms with Crippen LogP contribution in [-0.4, -0.2) is 27.7 Å². The van der Waals surface area contributed by atoms with Crippen molar-refractivity contribution in [3.05, 3.63) is 17.0 Å². The summed E-state index contributed by atoms with van der Waals surface area (Å²) in [6.45, 7) is 2.47. The highest BCUT2D eigenvalue weighted by Crippen LogP contribution is 2.32. The molecule has 18 heavy (non-hydrogen) atoms. The van der Waals surface area contributed by atoms with Crippen molar-refractivity contribution in [2.45, 2.75) is 25.8 Å². The number of aromatic nitrogens is 3. The van der Waals surface area contributed by atoms with Crippen molar-refractivity contribution in [3.8, 4) is 10.7 Å². The van der Waals surface area contributed by atoms with E-state index in [1.807, 2.05) is 18.4 Å².